The molecule has 0 spiro atoms. The van der Waals surface area contributed by atoms with Crippen LogP contribution in [-0.2, 0) is 9.59 Å². The highest BCUT2D eigenvalue weighted by molar-refractivity contribution is 5.93. The van der Waals surface area contributed by atoms with Crippen molar-refractivity contribution in [3.05, 3.63) is 90.0 Å². The number of hydroxylamine groups is 1. The molecule has 0 saturated heterocycles. The normalized spacial score (nSPS) is 11.5. The molecule has 0 fully saturated rings. The first-order chi connectivity index (χ1) is 13.1. The van der Waals surface area contributed by atoms with Crippen LogP contribution in [0.1, 0.15) is 24.0 Å². The van der Waals surface area contributed by atoms with Gasteiger partial charge in [0.15, 0.2) is 0 Å². The van der Waals surface area contributed by atoms with Crippen molar-refractivity contribution in [2.75, 3.05) is 5.32 Å². The Hall–Kier alpha value is -3.44. The summed E-state index contributed by atoms with van der Waals surface area (Å²) in [5.41, 5.74) is 6.43. The molecule has 2 aliphatic carbocycles. The fraction of sp³-hybridized carbons (Fsp3) is 0.0909. The zero-order valence-electron chi connectivity index (χ0n) is 14.8. The van der Waals surface area contributed by atoms with Crippen LogP contribution in [0.2, 0.25) is 0 Å². The molecule has 4 rings (SSSR count). The Morgan fingerprint density at radius 2 is 1.37 bits per heavy atom. The standard InChI is InChI=1S/C16H16N2O3.C6H4/c1-11(19)17-14-10-6-5-9-13(14)15(16(20)18-21)12-7-3-2-4-8-12;1-2-6-4-3-5(1)6/h2-10,15,21H,1H3,(H,17,19)(H,18,20);1-4H. The van der Waals surface area contributed by atoms with E-state index in [1.165, 1.54) is 18.1 Å². The first-order valence-corrected chi connectivity index (χ1v) is 8.56. The molecule has 2 aromatic carbocycles. The van der Waals surface area contributed by atoms with Crippen molar-refractivity contribution in [2.45, 2.75) is 12.8 Å². The van der Waals surface area contributed by atoms with Gasteiger partial charge in [-0.25, -0.2) is 5.48 Å². The highest BCUT2D eigenvalue weighted by Gasteiger charge is 2.25. The summed E-state index contributed by atoms with van der Waals surface area (Å²) in [4.78, 5) is 23.4. The molecule has 5 nitrogen and oxygen atoms in total. The van der Waals surface area contributed by atoms with E-state index in [1.807, 2.05) is 18.2 Å². The number of nitrogens with one attached hydrogen (secondary N) is 2. The largest absolute Gasteiger partial charge is 0.326 e. The lowest BCUT2D eigenvalue weighted by Gasteiger charge is -2.19. The topological polar surface area (TPSA) is 78.4 Å². The predicted octanol–water partition coefficient (Wildman–Crippen LogP) is 3.95. The van der Waals surface area contributed by atoms with Crippen LogP contribution in [0.25, 0.3) is 11.1 Å². The highest BCUT2D eigenvalue weighted by Crippen LogP contribution is 2.31. The molecule has 1 unspecified atom stereocenters. The van der Waals surface area contributed by atoms with Crippen molar-refractivity contribution >= 4 is 17.5 Å². The van der Waals surface area contributed by atoms with Gasteiger partial charge in [-0.3, -0.25) is 14.8 Å². The van der Waals surface area contributed by atoms with Crippen LogP contribution in [0, 0.1) is 0 Å². The summed E-state index contributed by atoms with van der Waals surface area (Å²) in [5.74, 6) is -1.49. The number of anilines is 1. The van der Waals surface area contributed by atoms with E-state index in [4.69, 9.17) is 5.21 Å². The third-order valence-corrected chi connectivity index (χ3v) is 4.31. The van der Waals surface area contributed by atoms with Crippen molar-refractivity contribution in [3.8, 4) is 11.1 Å². The molecule has 0 bridgehead atoms. The number of carbonyl (C=O) groups excluding carboxylic acids is 2. The van der Waals surface area contributed by atoms with E-state index in [-0.39, 0.29) is 5.91 Å². The van der Waals surface area contributed by atoms with E-state index in [0.29, 0.717) is 11.3 Å². The molecule has 0 radical (unpaired) electrons. The fourth-order valence-electron chi connectivity index (χ4n) is 2.90. The number of amides is 2. The molecule has 5 heteroatoms. The van der Waals surface area contributed by atoms with Crippen LogP contribution in [0.4, 0.5) is 5.69 Å². The van der Waals surface area contributed by atoms with Crippen molar-refractivity contribution in [1.82, 2.24) is 5.48 Å². The molecule has 0 heterocycles. The lowest BCUT2D eigenvalue weighted by molar-refractivity contribution is -0.129. The zero-order valence-corrected chi connectivity index (χ0v) is 14.8. The van der Waals surface area contributed by atoms with Gasteiger partial charge in [-0.2, -0.15) is 0 Å². The molecule has 0 aliphatic heterocycles. The quantitative estimate of drug-likeness (QED) is 0.381. The summed E-state index contributed by atoms with van der Waals surface area (Å²) in [7, 11) is 0. The number of fused-ring (bicyclic) bond motifs is 1. The fourth-order valence-corrected chi connectivity index (χ4v) is 2.90. The van der Waals surface area contributed by atoms with Gasteiger partial charge in [0.2, 0.25) is 5.91 Å². The SMILES string of the molecule is CC(=O)Nc1ccccc1C(C(=O)NO)c1ccccc1.c1cc2ccc1-2. The number of benzene rings is 3. The van der Waals surface area contributed by atoms with Crippen molar-refractivity contribution in [3.63, 3.8) is 0 Å². The van der Waals surface area contributed by atoms with Gasteiger partial charge < -0.3 is 5.32 Å². The predicted molar refractivity (Wildman–Crippen MR) is 104 cm³/mol. The molecule has 0 saturated carbocycles. The summed E-state index contributed by atoms with van der Waals surface area (Å²) >= 11 is 0. The van der Waals surface area contributed by atoms with E-state index in [2.05, 4.69) is 29.6 Å². The Bertz CT molecular complexity index is 916. The Balaban J connectivity index is 0.000000290. The van der Waals surface area contributed by atoms with Crippen LogP contribution in [0.3, 0.4) is 0 Å². The molecular formula is C22H20N2O3. The van der Waals surface area contributed by atoms with Gasteiger partial charge >= 0.3 is 0 Å². The second kappa shape index (κ2) is 8.29. The molecular weight excluding hydrogens is 340 g/mol. The van der Waals surface area contributed by atoms with E-state index >= 15 is 0 Å². The van der Waals surface area contributed by atoms with Crippen LogP contribution in [0.5, 0.6) is 0 Å². The minimum absolute atomic E-state index is 0.223. The highest BCUT2D eigenvalue weighted by atomic mass is 16.5. The van der Waals surface area contributed by atoms with Crippen LogP contribution in [-0.4, -0.2) is 17.0 Å². The van der Waals surface area contributed by atoms with Crippen LogP contribution in [0.15, 0.2) is 78.9 Å². The lowest BCUT2D eigenvalue weighted by atomic mass is 9.89. The molecule has 2 aromatic rings. The molecule has 3 N–H and O–H groups in total. The summed E-state index contributed by atoms with van der Waals surface area (Å²) in [6.45, 7) is 1.40. The Morgan fingerprint density at radius 3 is 1.85 bits per heavy atom. The second-order valence-corrected chi connectivity index (χ2v) is 6.17. The molecule has 0 aromatic heterocycles. The van der Waals surface area contributed by atoms with Gasteiger partial charge in [0.1, 0.15) is 0 Å². The Labute approximate surface area is 157 Å². The van der Waals surface area contributed by atoms with E-state index in [9.17, 15) is 9.59 Å². The van der Waals surface area contributed by atoms with Crippen LogP contribution >= 0.6 is 0 Å². The molecule has 2 aliphatic rings. The lowest BCUT2D eigenvalue weighted by Crippen LogP contribution is -2.28. The maximum atomic E-state index is 12.1. The molecule has 136 valence electrons. The van der Waals surface area contributed by atoms with E-state index in [1.54, 1.807) is 41.9 Å². The van der Waals surface area contributed by atoms with Gasteiger partial charge in [0, 0.05) is 12.6 Å². The summed E-state index contributed by atoms with van der Waals surface area (Å²) < 4.78 is 0. The number of hydrogen-bond acceptors (Lipinski definition) is 3. The maximum Gasteiger partial charge on any atom is 0.255 e. The Kier molecular flexibility index (Phi) is 5.64. The van der Waals surface area contributed by atoms with Crippen molar-refractivity contribution < 1.29 is 14.8 Å². The second-order valence-electron chi connectivity index (χ2n) is 6.17. The zero-order chi connectivity index (χ0) is 19.2. The minimum atomic E-state index is -0.709. The van der Waals surface area contributed by atoms with Gasteiger partial charge in [-0.15, -0.1) is 0 Å². The van der Waals surface area contributed by atoms with Gasteiger partial charge in [-0.05, 0) is 28.3 Å². The summed E-state index contributed by atoms with van der Waals surface area (Å²) in [5, 5.41) is 11.7. The number of rotatable bonds is 4. The Morgan fingerprint density at radius 1 is 0.815 bits per heavy atom. The first kappa shape index (κ1) is 18.4. The molecule has 27 heavy (non-hydrogen) atoms. The molecule has 1 atom stereocenters. The number of carbonyl (C=O) groups is 2. The first-order valence-electron chi connectivity index (χ1n) is 8.56. The van der Waals surface area contributed by atoms with Crippen molar-refractivity contribution in [1.29, 1.82) is 0 Å². The van der Waals surface area contributed by atoms with E-state index < -0.39 is 11.8 Å². The summed E-state index contributed by atoms with van der Waals surface area (Å²) in [6, 6.07) is 24.6. The minimum Gasteiger partial charge on any atom is -0.326 e. The van der Waals surface area contributed by atoms with Crippen molar-refractivity contribution in [2.24, 2.45) is 0 Å². The average molecular weight is 360 g/mol. The average Bonchev–Trinajstić information content (AvgIpc) is 2.67. The number of hydrogen-bond donors (Lipinski definition) is 3. The maximum absolute atomic E-state index is 12.1. The smallest absolute Gasteiger partial charge is 0.255 e. The number of para-hydroxylation sites is 1. The third-order valence-electron chi connectivity index (χ3n) is 4.31. The monoisotopic (exact) mass is 360 g/mol. The van der Waals surface area contributed by atoms with E-state index in [0.717, 1.165) is 5.56 Å². The third kappa shape index (κ3) is 4.22. The van der Waals surface area contributed by atoms with Gasteiger partial charge in [0.25, 0.3) is 5.91 Å². The summed E-state index contributed by atoms with van der Waals surface area (Å²) in [6.07, 6.45) is 0. The van der Waals surface area contributed by atoms with Gasteiger partial charge in [-0.1, -0.05) is 72.8 Å². The molecule has 2 amide bonds. The van der Waals surface area contributed by atoms with Gasteiger partial charge in [0.05, 0.1) is 5.92 Å². The van der Waals surface area contributed by atoms with Crippen LogP contribution < -0.4 is 10.8 Å².